The summed E-state index contributed by atoms with van der Waals surface area (Å²) in [6.45, 7) is 5.64. The van der Waals surface area contributed by atoms with E-state index in [1.165, 1.54) is 49.7 Å². The van der Waals surface area contributed by atoms with E-state index in [1.807, 2.05) is 0 Å². The molecule has 0 bridgehead atoms. The van der Waals surface area contributed by atoms with Crippen molar-refractivity contribution < 1.29 is 0 Å². The van der Waals surface area contributed by atoms with Gasteiger partial charge in [-0.25, -0.2) is 0 Å². The minimum atomic E-state index is 0.435. The lowest BCUT2D eigenvalue weighted by atomic mass is 9.74. The summed E-state index contributed by atoms with van der Waals surface area (Å²) in [6.07, 6.45) is 8.25. The zero-order chi connectivity index (χ0) is 12.6. The molecule has 1 N–H and O–H groups in total. The van der Waals surface area contributed by atoms with Crippen LogP contribution in [-0.4, -0.2) is 5.54 Å². The highest BCUT2D eigenvalue weighted by molar-refractivity contribution is 5.36. The molecule has 0 unspecified atom stereocenters. The molecule has 1 heteroatoms. The van der Waals surface area contributed by atoms with Crippen LogP contribution in [0.2, 0.25) is 0 Å². The first-order valence-electron chi connectivity index (χ1n) is 7.55. The van der Waals surface area contributed by atoms with E-state index in [0.29, 0.717) is 11.5 Å². The summed E-state index contributed by atoms with van der Waals surface area (Å²) >= 11 is 0. The summed E-state index contributed by atoms with van der Waals surface area (Å²) < 4.78 is 0. The number of benzene rings is 1. The van der Waals surface area contributed by atoms with Crippen LogP contribution in [0.5, 0.6) is 0 Å². The fourth-order valence-corrected chi connectivity index (χ4v) is 3.63. The molecule has 1 fully saturated rings. The average Bonchev–Trinajstić information content (AvgIpc) is 2.39. The molecule has 18 heavy (non-hydrogen) atoms. The van der Waals surface area contributed by atoms with Crippen molar-refractivity contribution >= 4 is 0 Å². The Morgan fingerprint density at radius 3 is 2.56 bits per heavy atom. The first-order valence-corrected chi connectivity index (χ1v) is 7.55. The van der Waals surface area contributed by atoms with Crippen LogP contribution in [0.1, 0.15) is 68.6 Å². The molecular formula is C17H25N. The van der Waals surface area contributed by atoms with Gasteiger partial charge in [0.1, 0.15) is 0 Å². The van der Waals surface area contributed by atoms with E-state index in [1.54, 1.807) is 5.56 Å². The van der Waals surface area contributed by atoms with Gasteiger partial charge in [-0.3, -0.25) is 0 Å². The lowest BCUT2D eigenvalue weighted by Crippen LogP contribution is -2.51. The lowest BCUT2D eigenvalue weighted by Gasteiger charge is -2.42. The van der Waals surface area contributed by atoms with Crippen LogP contribution < -0.4 is 5.32 Å². The van der Waals surface area contributed by atoms with Crippen LogP contribution in [0.4, 0.5) is 0 Å². The van der Waals surface area contributed by atoms with Crippen molar-refractivity contribution in [1.29, 1.82) is 0 Å². The summed E-state index contributed by atoms with van der Waals surface area (Å²) in [7, 11) is 0. The van der Waals surface area contributed by atoms with Crippen LogP contribution in [0.15, 0.2) is 18.2 Å². The zero-order valence-electron chi connectivity index (χ0n) is 11.8. The van der Waals surface area contributed by atoms with Gasteiger partial charge in [0, 0.05) is 12.1 Å². The van der Waals surface area contributed by atoms with Gasteiger partial charge in [0.15, 0.2) is 0 Å². The first kappa shape index (κ1) is 12.2. The van der Waals surface area contributed by atoms with Crippen molar-refractivity contribution in [3.63, 3.8) is 0 Å². The summed E-state index contributed by atoms with van der Waals surface area (Å²) in [4.78, 5) is 0. The Morgan fingerprint density at radius 2 is 1.83 bits per heavy atom. The first-order chi connectivity index (χ1) is 8.69. The number of hydrogen-bond acceptors (Lipinski definition) is 1. The minimum Gasteiger partial charge on any atom is -0.307 e. The maximum absolute atomic E-state index is 3.86. The van der Waals surface area contributed by atoms with Crippen LogP contribution in [0.25, 0.3) is 0 Å². The van der Waals surface area contributed by atoms with Gasteiger partial charge in [-0.05, 0) is 41.9 Å². The van der Waals surface area contributed by atoms with Crippen molar-refractivity contribution in [1.82, 2.24) is 5.32 Å². The quantitative estimate of drug-likeness (QED) is 0.781. The standard InChI is InChI=1S/C17H25N/c1-13(2)14-6-7-15-11-17(8-4-3-5-9-17)18-12-16(15)10-14/h6-7,10,13,18H,3-5,8-9,11-12H2,1-2H3. The fourth-order valence-electron chi connectivity index (χ4n) is 3.63. The Kier molecular flexibility index (Phi) is 3.19. The molecule has 0 aromatic heterocycles. The van der Waals surface area contributed by atoms with Gasteiger partial charge in [-0.15, -0.1) is 0 Å². The molecule has 1 nitrogen and oxygen atoms in total. The van der Waals surface area contributed by atoms with Crippen LogP contribution >= 0.6 is 0 Å². The van der Waals surface area contributed by atoms with Gasteiger partial charge in [0.25, 0.3) is 0 Å². The topological polar surface area (TPSA) is 12.0 Å². The summed E-state index contributed by atoms with van der Waals surface area (Å²) in [5.41, 5.74) is 5.05. The molecule has 0 amide bonds. The van der Waals surface area contributed by atoms with Crippen molar-refractivity contribution in [2.75, 3.05) is 0 Å². The van der Waals surface area contributed by atoms with E-state index < -0.39 is 0 Å². The van der Waals surface area contributed by atoms with E-state index in [-0.39, 0.29) is 0 Å². The lowest BCUT2D eigenvalue weighted by molar-refractivity contribution is 0.215. The molecule has 0 atom stereocenters. The molecule has 1 aliphatic carbocycles. The third-order valence-corrected chi connectivity index (χ3v) is 4.89. The Bertz CT molecular complexity index is 427. The largest absolute Gasteiger partial charge is 0.307 e. The number of fused-ring (bicyclic) bond motifs is 1. The third kappa shape index (κ3) is 2.21. The maximum atomic E-state index is 3.86. The highest BCUT2D eigenvalue weighted by Crippen LogP contribution is 2.35. The van der Waals surface area contributed by atoms with Gasteiger partial charge < -0.3 is 5.32 Å². The van der Waals surface area contributed by atoms with E-state index >= 15 is 0 Å². The molecule has 1 spiro atoms. The zero-order valence-corrected chi connectivity index (χ0v) is 11.8. The molecule has 3 rings (SSSR count). The van der Waals surface area contributed by atoms with Crippen LogP contribution in [0, 0.1) is 0 Å². The summed E-state index contributed by atoms with van der Waals surface area (Å²) in [5.74, 6) is 0.640. The molecule has 0 radical (unpaired) electrons. The Balaban J connectivity index is 1.85. The Morgan fingerprint density at radius 1 is 1.06 bits per heavy atom. The van der Waals surface area contributed by atoms with E-state index in [0.717, 1.165) is 6.54 Å². The predicted molar refractivity (Wildman–Crippen MR) is 76.9 cm³/mol. The second-order valence-electron chi connectivity index (χ2n) is 6.55. The van der Waals surface area contributed by atoms with Gasteiger partial charge in [0.05, 0.1) is 0 Å². The second kappa shape index (κ2) is 4.70. The molecule has 1 aromatic rings. The molecular weight excluding hydrogens is 218 g/mol. The van der Waals surface area contributed by atoms with Crippen molar-refractivity contribution in [3.05, 3.63) is 34.9 Å². The van der Waals surface area contributed by atoms with Crippen LogP contribution in [0.3, 0.4) is 0 Å². The second-order valence-corrected chi connectivity index (χ2v) is 6.55. The SMILES string of the molecule is CC(C)c1ccc2c(c1)CNC1(CCCCC1)C2. The van der Waals surface area contributed by atoms with Gasteiger partial charge in [0.2, 0.25) is 0 Å². The van der Waals surface area contributed by atoms with E-state index in [2.05, 4.69) is 37.4 Å². The fraction of sp³-hybridized carbons (Fsp3) is 0.647. The Hall–Kier alpha value is -0.820. The van der Waals surface area contributed by atoms with Crippen LogP contribution in [-0.2, 0) is 13.0 Å². The summed E-state index contributed by atoms with van der Waals surface area (Å²) in [6, 6.07) is 7.15. The smallest absolute Gasteiger partial charge is 0.0225 e. The molecule has 2 aliphatic rings. The normalized spacial score (nSPS) is 22.2. The van der Waals surface area contributed by atoms with Crippen molar-refractivity contribution in [2.45, 2.75) is 70.4 Å². The monoisotopic (exact) mass is 243 g/mol. The van der Waals surface area contributed by atoms with E-state index in [4.69, 9.17) is 0 Å². The Labute approximate surface area is 111 Å². The molecule has 1 aliphatic heterocycles. The highest BCUT2D eigenvalue weighted by atomic mass is 15.0. The van der Waals surface area contributed by atoms with Crippen molar-refractivity contribution in [2.24, 2.45) is 0 Å². The average molecular weight is 243 g/mol. The third-order valence-electron chi connectivity index (χ3n) is 4.89. The molecule has 1 heterocycles. The van der Waals surface area contributed by atoms with E-state index in [9.17, 15) is 0 Å². The van der Waals surface area contributed by atoms with Gasteiger partial charge in [-0.2, -0.15) is 0 Å². The minimum absolute atomic E-state index is 0.435. The molecule has 1 aromatic carbocycles. The molecule has 1 saturated carbocycles. The van der Waals surface area contributed by atoms with Gasteiger partial charge >= 0.3 is 0 Å². The maximum Gasteiger partial charge on any atom is 0.0225 e. The van der Waals surface area contributed by atoms with Gasteiger partial charge in [-0.1, -0.05) is 51.3 Å². The van der Waals surface area contributed by atoms with Crippen molar-refractivity contribution in [3.8, 4) is 0 Å². The number of rotatable bonds is 1. The highest BCUT2D eigenvalue weighted by Gasteiger charge is 2.34. The predicted octanol–water partition coefficient (Wildman–Crippen LogP) is 4.16. The molecule has 0 saturated heterocycles. The number of hydrogen-bond donors (Lipinski definition) is 1. The molecule has 98 valence electrons. The summed E-state index contributed by atoms with van der Waals surface area (Å²) in [5, 5.41) is 3.86. The number of nitrogens with one attached hydrogen (secondary N) is 1.